The number of carbonyl (C=O) groups is 3. The molecule has 0 fully saturated rings. The van der Waals surface area contributed by atoms with Gasteiger partial charge in [-0.3, -0.25) is 4.79 Å². The van der Waals surface area contributed by atoms with Gasteiger partial charge in [0.1, 0.15) is 0 Å². The molecule has 1 aliphatic rings. The van der Waals surface area contributed by atoms with E-state index in [2.05, 4.69) is 9.47 Å². The number of amides is 1. The number of fused-ring (bicyclic) bond motifs is 1. The summed E-state index contributed by atoms with van der Waals surface area (Å²) in [7, 11) is 1.41. The zero-order valence-corrected chi connectivity index (χ0v) is 14.1. The van der Waals surface area contributed by atoms with Crippen LogP contribution in [0.3, 0.4) is 0 Å². The van der Waals surface area contributed by atoms with E-state index in [0.29, 0.717) is 17.1 Å². The SMILES string of the molecule is CCOC(=O)OCOC(=O)N(C)C(C)C(=O)c1ccc2c(c1)OCO2. The quantitative estimate of drug-likeness (QED) is 0.436. The normalized spacial score (nSPS) is 12.9. The van der Waals surface area contributed by atoms with Gasteiger partial charge in [-0.25, -0.2) is 9.59 Å². The highest BCUT2D eigenvalue weighted by Crippen LogP contribution is 2.32. The van der Waals surface area contributed by atoms with E-state index in [1.54, 1.807) is 32.0 Å². The van der Waals surface area contributed by atoms with Crippen LogP contribution in [0.4, 0.5) is 9.59 Å². The topological polar surface area (TPSA) is 101 Å². The van der Waals surface area contributed by atoms with Crippen LogP contribution in [0.25, 0.3) is 0 Å². The van der Waals surface area contributed by atoms with Gasteiger partial charge >= 0.3 is 12.2 Å². The van der Waals surface area contributed by atoms with E-state index in [9.17, 15) is 14.4 Å². The summed E-state index contributed by atoms with van der Waals surface area (Å²) in [5.41, 5.74) is 0.374. The van der Waals surface area contributed by atoms with Gasteiger partial charge in [0.25, 0.3) is 0 Å². The lowest BCUT2D eigenvalue weighted by Crippen LogP contribution is -2.41. The van der Waals surface area contributed by atoms with E-state index < -0.39 is 25.1 Å². The Balaban J connectivity index is 1.89. The van der Waals surface area contributed by atoms with Crippen LogP contribution >= 0.6 is 0 Å². The van der Waals surface area contributed by atoms with Crippen molar-refractivity contribution in [2.45, 2.75) is 19.9 Å². The number of likely N-dealkylation sites (N-methyl/N-ethyl adjacent to an activating group) is 1. The van der Waals surface area contributed by atoms with E-state index >= 15 is 0 Å². The van der Waals surface area contributed by atoms with Crippen LogP contribution in [0.2, 0.25) is 0 Å². The first kappa shape index (κ1) is 18.4. The predicted molar refractivity (Wildman–Crippen MR) is 83.6 cm³/mol. The molecule has 1 atom stereocenters. The van der Waals surface area contributed by atoms with Crippen LogP contribution in [-0.4, -0.2) is 56.2 Å². The zero-order chi connectivity index (χ0) is 18.4. The molecule has 0 saturated carbocycles. The Bertz CT molecular complexity index is 660. The smallest absolute Gasteiger partial charge is 0.454 e. The van der Waals surface area contributed by atoms with Gasteiger partial charge < -0.3 is 28.6 Å². The monoisotopic (exact) mass is 353 g/mol. The van der Waals surface area contributed by atoms with Crippen LogP contribution in [0, 0.1) is 0 Å². The highest BCUT2D eigenvalue weighted by molar-refractivity contribution is 6.01. The van der Waals surface area contributed by atoms with Crippen molar-refractivity contribution >= 4 is 18.0 Å². The summed E-state index contributed by atoms with van der Waals surface area (Å²) in [6, 6.07) is 3.99. The van der Waals surface area contributed by atoms with Gasteiger partial charge in [-0.1, -0.05) is 0 Å². The molecule has 2 rings (SSSR count). The molecule has 1 amide bonds. The summed E-state index contributed by atoms with van der Waals surface area (Å²) >= 11 is 0. The average molecular weight is 353 g/mol. The molecule has 136 valence electrons. The Morgan fingerprint density at radius 1 is 1.16 bits per heavy atom. The van der Waals surface area contributed by atoms with Gasteiger partial charge in [0.2, 0.25) is 13.6 Å². The third kappa shape index (κ3) is 4.52. The molecule has 1 aromatic carbocycles. The van der Waals surface area contributed by atoms with Crippen molar-refractivity contribution in [2.75, 3.05) is 27.2 Å². The van der Waals surface area contributed by atoms with Gasteiger partial charge in [-0.2, -0.15) is 0 Å². The first-order valence-corrected chi connectivity index (χ1v) is 7.57. The second kappa shape index (κ2) is 8.22. The Morgan fingerprint density at radius 3 is 2.60 bits per heavy atom. The van der Waals surface area contributed by atoms with Gasteiger partial charge in [0, 0.05) is 12.6 Å². The Kier molecular flexibility index (Phi) is 6.04. The summed E-state index contributed by atoms with van der Waals surface area (Å²) in [5, 5.41) is 0. The number of ketones is 1. The third-order valence-corrected chi connectivity index (χ3v) is 3.53. The Hall–Kier alpha value is -2.97. The number of rotatable bonds is 6. The lowest BCUT2D eigenvalue weighted by molar-refractivity contribution is -0.0228. The minimum Gasteiger partial charge on any atom is -0.454 e. The summed E-state index contributed by atoms with van der Waals surface area (Å²) < 4.78 is 24.2. The van der Waals surface area contributed by atoms with Crippen molar-refractivity contribution in [1.29, 1.82) is 0 Å². The van der Waals surface area contributed by atoms with E-state index in [-0.39, 0.29) is 19.2 Å². The van der Waals surface area contributed by atoms with E-state index in [1.165, 1.54) is 7.05 Å². The molecule has 25 heavy (non-hydrogen) atoms. The van der Waals surface area contributed by atoms with Crippen molar-refractivity contribution in [3.8, 4) is 11.5 Å². The maximum atomic E-state index is 12.5. The van der Waals surface area contributed by atoms with Crippen LogP contribution in [0.1, 0.15) is 24.2 Å². The first-order valence-electron chi connectivity index (χ1n) is 7.57. The highest BCUT2D eigenvalue weighted by atomic mass is 16.8. The van der Waals surface area contributed by atoms with Crippen LogP contribution in [-0.2, 0) is 14.2 Å². The molecule has 0 radical (unpaired) electrons. The second-order valence-electron chi connectivity index (χ2n) is 5.07. The van der Waals surface area contributed by atoms with Gasteiger partial charge in [-0.15, -0.1) is 0 Å². The summed E-state index contributed by atoms with van der Waals surface area (Å²) in [6.07, 6.45) is -1.76. The number of benzene rings is 1. The van der Waals surface area contributed by atoms with Crippen molar-refractivity contribution in [3.05, 3.63) is 23.8 Å². The van der Waals surface area contributed by atoms with Crippen molar-refractivity contribution in [3.63, 3.8) is 0 Å². The largest absolute Gasteiger partial charge is 0.511 e. The standard InChI is InChI=1S/C16H19NO8/c1-4-21-16(20)25-9-24-15(19)17(3)10(2)14(18)11-5-6-12-13(7-11)23-8-22-12/h5-7,10H,4,8-9H2,1-3H3. The molecule has 0 spiro atoms. The molecule has 1 aromatic rings. The molecule has 9 nitrogen and oxygen atoms in total. The number of Topliss-reactive ketones (excluding diaryl/α,β-unsaturated/α-hetero) is 1. The number of hydrogen-bond acceptors (Lipinski definition) is 8. The molecule has 1 aliphatic heterocycles. The summed E-state index contributed by atoms with van der Waals surface area (Å²) in [5.74, 6) is 0.739. The first-order chi connectivity index (χ1) is 11.9. The van der Waals surface area contributed by atoms with Crippen molar-refractivity contribution in [2.24, 2.45) is 0 Å². The summed E-state index contributed by atoms with van der Waals surface area (Å²) in [4.78, 5) is 36.5. The third-order valence-electron chi connectivity index (χ3n) is 3.53. The van der Waals surface area contributed by atoms with Crippen molar-refractivity contribution < 1.29 is 38.1 Å². The van der Waals surface area contributed by atoms with E-state index in [0.717, 1.165) is 4.90 Å². The maximum absolute atomic E-state index is 12.5. The van der Waals surface area contributed by atoms with Crippen LogP contribution in [0.15, 0.2) is 18.2 Å². The molecule has 9 heteroatoms. The van der Waals surface area contributed by atoms with Crippen LogP contribution < -0.4 is 9.47 Å². The van der Waals surface area contributed by atoms with Gasteiger partial charge in [-0.05, 0) is 32.0 Å². The fraction of sp³-hybridized carbons (Fsp3) is 0.438. The van der Waals surface area contributed by atoms with Gasteiger partial charge in [0.15, 0.2) is 17.3 Å². The number of hydrogen-bond donors (Lipinski definition) is 0. The van der Waals surface area contributed by atoms with Crippen molar-refractivity contribution in [1.82, 2.24) is 4.90 Å². The van der Waals surface area contributed by atoms with E-state index in [4.69, 9.17) is 14.2 Å². The minimum absolute atomic E-state index is 0.106. The maximum Gasteiger partial charge on any atom is 0.511 e. The van der Waals surface area contributed by atoms with E-state index in [1.807, 2.05) is 0 Å². The minimum atomic E-state index is -0.942. The highest BCUT2D eigenvalue weighted by Gasteiger charge is 2.26. The molecule has 1 heterocycles. The molecular weight excluding hydrogens is 334 g/mol. The lowest BCUT2D eigenvalue weighted by Gasteiger charge is -2.23. The molecule has 0 aliphatic carbocycles. The molecule has 1 unspecified atom stereocenters. The number of nitrogens with zero attached hydrogens (tertiary/aromatic N) is 1. The molecular formula is C16H19NO8. The lowest BCUT2D eigenvalue weighted by atomic mass is 10.0. The molecule has 0 N–H and O–H groups in total. The summed E-state index contributed by atoms with van der Waals surface area (Å²) in [6.45, 7) is 2.82. The fourth-order valence-corrected chi connectivity index (χ4v) is 2.01. The predicted octanol–water partition coefficient (Wildman–Crippen LogP) is 2.19. The molecule has 0 saturated heterocycles. The molecule has 0 aromatic heterocycles. The Labute approximate surface area is 144 Å². The zero-order valence-electron chi connectivity index (χ0n) is 14.1. The fourth-order valence-electron chi connectivity index (χ4n) is 2.01. The van der Waals surface area contributed by atoms with Crippen LogP contribution in [0.5, 0.6) is 11.5 Å². The Morgan fingerprint density at radius 2 is 1.88 bits per heavy atom. The van der Waals surface area contributed by atoms with Gasteiger partial charge in [0.05, 0.1) is 12.6 Å². The average Bonchev–Trinajstić information content (AvgIpc) is 3.07. The molecule has 0 bridgehead atoms. The second-order valence-corrected chi connectivity index (χ2v) is 5.07. The number of ether oxygens (including phenoxy) is 5. The number of carbonyl (C=O) groups excluding carboxylic acids is 3.